The molecule has 3 aromatic carbocycles. The van der Waals surface area contributed by atoms with Crippen LogP contribution in [0.4, 0.5) is 0 Å². The Morgan fingerprint density at radius 1 is 0.944 bits per heavy atom. The number of amidine groups is 1. The van der Waals surface area contributed by atoms with Crippen molar-refractivity contribution in [2.24, 2.45) is 10.1 Å². The van der Waals surface area contributed by atoms with Crippen LogP contribution in [0.25, 0.3) is 5.70 Å². The van der Waals surface area contributed by atoms with Crippen molar-refractivity contribution in [2.45, 2.75) is 18.8 Å². The Labute approximate surface area is 213 Å². The predicted octanol–water partition coefficient (Wildman–Crippen LogP) is 3.10. The first kappa shape index (κ1) is 23.7. The van der Waals surface area contributed by atoms with Gasteiger partial charge in [0, 0.05) is 22.6 Å². The number of benzene rings is 3. The van der Waals surface area contributed by atoms with Gasteiger partial charge in [0.25, 0.3) is 5.91 Å². The summed E-state index contributed by atoms with van der Waals surface area (Å²) in [6.45, 7) is 2.06. The highest BCUT2D eigenvalue weighted by Crippen LogP contribution is 2.41. The highest BCUT2D eigenvalue weighted by atomic mass is 32.2. The lowest BCUT2D eigenvalue weighted by Gasteiger charge is -2.34. The Morgan fingerprint density at radius 3 is 2.36 bits per heavy atom. The third-order valence-electron chi connectivity index (χ3n) is 6.03. The third kappa shape index (κ3) is 4.37. The topological polar surface area (TPSA) is 84.8 Å². The first-order chi connectivity index (χ1) is 17.5. The van der Waals surface area contributed by atoms with Gasteiger partial charge in [0.15, 0.2) is 22.8 Å². The number of methoxy groups -OCH3 is 3. The van der Waals surface area contributed by atoms with Gasteiger partial charge in [-0.05, 0) is 24.6 Å². The number of carbonyl (C=O) groups is 1. The van der Waals surface area contributed by atoms with E-state index in [9.17, 15) is 4.79 Å². The fourth-order valence-electron chi connectivity index (χ4n) is 4.19. The van der Waals surface area contributed by atoms with Crippen molar-refractivity contribution in [3.63, 3.8) is 0 Å². The Bertz CT molecular complexity index is 1470. The van der Waals surface area contributed by atoms with E-state index in [0.717, 1.165) is 10.8 Å². The number of carbonyl (C=O) groups excluding carboxylic acids is 1. The summed E-state index contributed by atoms with van der Waals surface area (Å²) in [5.41, 5.74) is 3.47. The molecule has 1 N–H and O–H groups in total. The lowest BCUT2D eigenvalue weighted by atomic mass is 10.1. The van der Waals surface area contributed by atoms with Gasteiger partial charge in [0.05, 0.1) is 26.7 Å². The number of hydrogen-bond acceptors (Lipinski definition) is 8. The van der Waals surface area contributed by atoms with Crippen molar-refractivity contribution in [3.8, 4) is 17.2 Å². The molecule has 2 aliphatic rings. The number of nitrogens with one attached hydrogen (secondary N) is 1. The Morgan fingerprint density at radius 2 is 1.64 bits per heavy atom. The SMILES string of the molecule is COc1cc(OC)c([C@@H]2N=c3ccccc3=C3C(=O)NC(SCc4ccc(C)cc4)=NN32)cc1OC. The third-order valence-corrected chi connectivity index (χ3v) is 6.96. The summed E-state index contributed by atoms with van der Waals surface area (Å²) in [7, 11) is 4.73. The summed E-state index contributed by atoms with van der Waals surface area (Å²) in [6.07, 6.45) is -0.648. The van der Waals surface area contributed by atoms with E-state index < -0.39 is 6.17 Å². The summed E-state index contributed by atoms with van der Waals surface area (Å²) >= 11 is 1.46. The molecule has 2 aliphatic heterocycles. The van der Waals surface area contributed by atoms with Crippen molar-refractivity contribution in [3.05, 3.63) is 87.9 Å². The molecule has 2 heterocycles. The van der Waals surface area contributed by atoms with Crippen LogP contribution in [0, 0.1) is 6.92 Å². The van der Waals surface area contributed by atoms with Crippen LogP contribution in [0.3, 0.4) is 0 Å². The van der Waals surface area contributed by atoms with Crippen LogP contribution in [0.15, 0.2) is 70.8 Å². The molecule has 1 amide bonds. The number of para-hydroxylation sites is 1. The maximum atomic E-state index is 13.4. The Balaban J connectivity index is 1.61. The largest absolute Gasteiger partial charge is 0.496 e. The number of rotatable bonds is 6. The minimum Gasteiger partial charge on any atom is -0.496 e. The van der Waals surface area contributed by atoms with Crippen LogP contribution in [-0.2, 0) is 10.5 Å². The zero-order valence-electron chi connectivity index (χ0n) is 20.4. The van der Waals surface area contributed by atoms with Crippen molar-refractivity contribution in [1.82, 2.24) is 10.3 Å². The summed E-state index contributed by atoms with van der Waals surface area (Å²) in [4.78, 5) is 18.4. The standard InChI is InChI=1S/C27H26N4O4S/c1-16-9-11-17(12-10-16)15-36-27-29-26(32)24-18-7-5-6-8-20(18)28-25(31(24)30-27)19-13-22(34-3)23(35-4)14-21(19)33-2/h5-14,25H,15H2,1-4H3,(H,29,30,32)/t25-/m1/s1. The monoisotopic (exact) mass is 502 g/mol. The smallest absolute Gasteiger partial charge is 0.276 e. The van der Waals surface area contributed by atoms with Gasteiger partial charge < -0.3 is 14.2 Å². The van der Waals surface area contributed by atoms with E-state index in [-0.39, 0.29) is 5.91 Å². The van der Waals surface area contributed by atoms with Crippen LogP contribution < -0.4 is 30.1 Å². The molecule has 3 aromatic rings. The minimum absolute atomic E-state index is 0.233. The normalized spacial score (nSPS) is 16.3. The summed E-state index contributed by atoms with van der Waals surface area (Å²) < 4.78 is 16.7. The number of thioether (sulfide) groups is 1. The van der Waals surface area contributed by atoms with E-state index in [1.807, 2.05) is 30.3 Å². The van der Waals surface area contributed by atoms with E-state index in [1.54, 1.807) is 32.4 Å². The van der Waals surface area contributed by atoms with E-state index in [2.05, 4.69) is 36.5 Å². The maximum absolute atomic E-state index is 13.4. The molecule has 184 valence electrons. The predicted molar refractivity (Wildman–Crippen MR) is 139 cm³/mol. The average Bonchev–Trinajstić information content (AvgIpc) is 2.91. The van der Waals surface area contributed by atoms with Gasteiger partial charge >= 0.3 is 0 Å². The van der Waals surface area contributed by atoms with Gasteiger partial charge in [-0.15, -0.1) is 5.10 Å². The molecule has 9 heteroatoms. The summed E-state index contributed by atoms with van der Waals surface area (Å²) in [5.74, 6) is 2.05. The van der Waals surface area contributed by atoms with Gasteiger partial charge in [-0.3, -0.25) is 15.1 Å². The number of ether oxygens (including phenoxy) is 3. The Hall–Kier alpha value is -3.98. The highest BCUT2D eigenvalue weighted by molar-refractivity contribution is 8.13. The average molecular weight is 503 g/mol. The van der Waals surface area contributed by atoms with Crippen LogP contribution in [0.2, 0.25) is 0 Å². The second-order valence-corrected chi connectivity index (χ2v) is 9.26. The molecular formula is C27H26N4O4S. The molecule has 5 rings (SSSR count). The molecule has 36 heavy (non-hydrogen) atoms. The van der Waals surface area contributed by atoms with Crippen molar-refractivity contribution in [1.29, 1.82) is 0 Å². The summed E-state index contributed by atoms with van der Waals surface area (Å²) in [6, 6.07) is 19.4. The van der Waals surface area contributed by atoms with Crippen LogP contribution in [-0.4, -0.2) is 37.4 Å². The molecule has 0 fully saturated rings. The zero-order valence-corrected chi connectivity index (χ0v) is 21.3. The molecule has 0 bridgehead atoms. The van der Waals surface area contributed by atoms with Crippen LogP contribution in [0.1, 0.15) is 22.9 Å². The van der Waals surface area contributed by atoms with E-state index in [1.165, 1.54) is 17.3 Å². The molecule has 0 radical (unpaired) electrons. The number of hydrogen-bond donors (Lipinski definition) is 1. The highest BCUT2D eigenvalue weighted by Gasteiger charge is 2.36. The van der Waals surface area contributed by atoms with Gasteiger partial charge in [0.1, 0.15) is 11.4 Å². The van der Waals surface area contributed by atoms with Crippen molar-refractivity contribution < 1.29 is 19.0 Å². The molecule has 0 saturated heterocycles. The number of fused-ring (bicyclic) bond motifs is 2. The van der Waals surface area contributed by atoms with Gasteiger partial charge in [-0.25, -0.2) is 5.01 Å². The van der Waals surface area contributed by atoms with E-state index in [0.29, 0.717) is 44.8 Å². The second-order valence-electron chi connectivity index (χ2n) is 8.30. The van der Waals surface area contributed by atoms with Crippen molar-refractivity contribution >= 4 is 28.5 Å². The lowest BCUT2D eigenvalue weighted by Crippen LogP contribution is -2.50. The van der Waals surface area contributed by atoms with Gasteiger partial charge in [-0.2, -0.15) is 0 Å². The first-order valence-electron chi connectivity index (χ1n) is 11.4. The van der Waals surface area contributed by atoms with Crippen LogP contribution in [0.5, 0.6) is 17.2 Å². The van der Waals surface area contributed by atoms with Crippen LogP contribution >= 0.6 is 11.8 Å². The number of aryl methyl sites for hydroxylation is 1. The minimum atomic E-state index is -0.648. The van der Waals surface area contributed by atoms with Gasteiger partial charge in [0.2, 0.25) is 0 Å². The Kier molecular flexibility index (Phi) is 6.56. The quantitative estimate of drug-likeness (QED) is 0.558. The van der Waals surface area contributed by atoms with Gasteiger partial charge in [-0.1, -0.05) is 59.8 Å². The molecule has 0 aliphatic carbocycles. The molecule has 0 saturated carbocycles. The molecule has 0 aromatic heterocycles. The maximum Gasteiger partial charge on any atom is 0.276 e. The lowest BCUT2D eigenvalue weighted by molar-refractivity contribution is -0.116. The summed E-state index contributed by atoms with van der Waals surface area (Å²) in [5, 5.41) is 11.4. The number of amides is 1. The number of nitrogens with zero attached hydrogens (tertiary/aromatic N) is 3. The molecule has 0 spiro atoms. The number of hydrazone groups is 1. The molecule has 1 atom stereocenters. The molecule has 0 unspecified atom stereocenters. The van der Waals surface area contributed by atoms with E-state index >= 15 is 0 Å². The second kappa shape index (κ2) is 9.94. The zero-order chi connectivity index (χ0) is 25.2. The fourth-order valence-corrected chi connectivity index (χ4v) is 4.99. The van der Waals surface area contributed by atoms with Crippen molar-refractivity contribution in [2.75, 3.05) is 21.3 Å². The molecule has 8 nitrogen and oxygen atoms in total. The fraction of sp³-hybridized carbons (Fsp3) is 0.222. The molecular weight excluding hydrogens is 476 g/mol. The first-order valence-corrected chi connectivity index (χ1v) is 12.4. The van der Waals surface area contributed by atoms with E-state index in [4.69, 9.17) is 24.3 Å².